The summed E-state index contributed by atoms with van der Waals surface area (Å²) in [5, 5.41) is 4.10. The van der Waals surface area contributed by atoms with Crippen LogP contribution in [0, 0.1) is 6.92 Å². The molecule has 0 fully saturated rings. The summed E-state index contributed by atoms with van der Waals surface area (Å²) in [6, 6.07) is 11.7. The molecule has 2 rings (SSSR count). The van der Waals surface area contributed by atoms with Crippen LogP contribution in [0.3, 0.4) is 0 Å². The normalized spacial score (nSPS) is 10.7. The van der Waals surface area contributed by atoms with Gasteiger partial charge in [-0.3, -0.25) is 0 Å². The van der Waals surface area contributed by atoms with Crippen LogP contribution in [0.2, 0.25) is 5.02 Å². The molecule has 0 bridgehead atoms. The van der Waals surface area contributed by atoms with Crippen molar-refractivity contribution in [2.24, 2.45) is 0 Å². The zero-order chi connectivity index (χ0) is 15.2. The van der Waals surface area contributed by atoms with E-state index in [4.69, 9.17) is 16.3 Å². The Morgan fingerprint density at radius 1 is 1.19 bits per heavy atom. The Balaban J connectivity index is 2.09. The van der Waals surface area contributed by atoms with Gasteiger partial charge >= 0.3 is 0 Å². The molecule has 0 heterocycles. The molecule has 2 aromatic rings. The van der Waals surface area contributed by atoms with Crippen molar-refractivity contribution >= 4 is 27.5 Å². The lowest BCUT2D eigenvalue weighted by Crippen LogP contribution is -2.14. The summed E-state index contributed by atoms with van der Waals surface area (Å²) in [6.45, 7) is 6.20. The average molecular weight is 369 g/mol. The van der Waals surface area contributed by atoms with Gasteiger partial charge in [-0.1, -0.05) is 24.6 Å². The molecule has 2 aromatic carbocycles. The highest BCUT2D eigenvalue weighted by atomic mass is 79.9. The van der Waals surface area contributed by atoms with Crippen LogP contribution in [0.4, 0.5) is 0 Å². The van der Waals surface area contributed by atoms with E-state index in [0.29, 0.717) is 5.02 Å². The van der Waals surface area contributed by atoms with Crippen molar-refractivity contribution in [3.63, 3.8) is 0 Å². The van der Waals surface area contributed by atoms with E-state index < -0.39 is 0 Å². The number of hydrogen-bond donors (Lipinski definition) is 1. The molecular weight excluding hydrogens is 350 g/mol. The molecule has 0 radical (unpaired) electrons. The lowest BCUT2D eigenvalue weighted by atomic mass is 10.1. The Hall–Kier alpha value is -1.03. The van der Waals surface area contributed by atoms with Crippen molar-refractivity contribution in [1.29, 1.82) is 0 Å². The van der Waals surface area contributed by atoms with Gasteiger partial charge in [0.25, 0.3) is 0 Å². The van der Waals surface area contributed by atoms with Crippen LogP contribution in [0.15, 0.2) is 40.9 Å². The Morgan fingerprint density at radius 2 is 2.00 bits per heavy atom. The summed E-state index contributed by atoms with van der Waals surface area (Å²) >= 11 is 9.39. The number of aryl methyl sites for hydroxylation is 1. The van der Waals surface area contributed by atoms with Crippen LogP contribution in [0.5, 0.6) is 11.5 Å². The van der Waals surface area contributed by atoms with E-state index in [1.165, 1.54) is 11.1 Å². The van der Waals surface area contributed by atoms with Gasteiger partial charge in [-0.25, -0.2) is 0 Å². The van der Waals surface area contributed by atoms with Gasteiger partial charge in [0.1, 0.15) is 11.5 Å². The van der Waals surface area contributed by atoms with E-state index in [0.717, 1.165) is 35.5 Å². The molecule has 0 unspecified atom stereocenters. The summed E-state index contributed by atoms with van der Waals surface area (Å²) in [7, 11) is 0. The molecule has 1 N–H and O–H groups in total. The predicted molar refractivity (Wildman–Crippen MR) is 92.4 cm³/mol. The topological polar surface area (TPSA) is 21.3 Å². The molecule has 0 saturated heterocycles. The van der Waals surface area contributed by atoms with Gasteiger partial charge in [-0.05, 0) is 77.3 Å². The molecule has 0 aliphatic heterocycles. The van der Waals surface area contributed by atoms with Crippen LogP contribution >= 0.6 is 27.5 Å². The number of hydrogen-bond acceptors (Lipinski definition) is 2. The summed E-state index contributed by atoms with van der Waals surface area (Å²) in [5.74, 6) is 1.59. The Morgan fingerprint density at radius 3 is 2.67 bits per heavy atom. The maximum Gasteiger partial charge on any atom is 0.141 e. The predicted octanol–water partition coefficient (Wildman–Crippen LogP) is 5.70. The quantitative estimate of drug-likeness (QED) is 0.660. The Kier molecular flexibility index (Phi) is 6.09. The number of rotatable bonds is 6. The molecule has 4 heteroatoms. The minimum atomic E-state index is 0.683. The summed E-state index contributed by atoms with van der Waals surface area (Å²) in [4.78, 5) is 0. The van der Waals surface area contributed by atoms with Gasteiger partial charge < -0.3 is 10.1 Å². The highest BCUT2D eigenvalue weighted by molar-refractivity contribution is 9.10. The molecule has 112 valence electrons. The van der Waals surface area contributed by atoms with Crippen molar-refractivity contribution in [1.82, 2.24) is 5.32 Å². The molecule has 0 atom stereocenters. The van der Waals surface area contributed by atoms with Crippen LogP contribution in [0.1, 0.15) is 24.5 Å². The first-order chi connectivity index (χ1) is 10.1. The monoisotopic (exact) mass is 367 g/mol. The van der Waals surface area contributed by atoms with Gasteiger partial charge in [0.15, 0.2) is 0 Å². The van der Waals surface area contributed by atoms with Crippen LogP contribution in [0.25, 0.3) is 0 Å². The number of ether oxygens (including phenoxy) is 1. The van der Waals surface area contributed by atoms with Gasteiger partial charge in [0, 0.05) is 11.6 Å². The Labute approximate surface area is 139 Å². The van der Waals surface area contributed by atoms with Crippen molar-refractivity contribution < 1.29 is 4.74 Å². The first-order valence-electron chi connectivity index (χ1n) is 7.03. The number of halogens is 2. The van der Waals surface area contributed by atoms with Gasteiger partial charge in [0.2, 0.25) is 0 Å². The van der Waals surface area contributed by atoms with Crippen molar-refractivity contribution in [2.75, 3.05) is 6.54 Å². The van der Waals surface area contributed by atoms with E-state index in [1.54, 1.807) is 0 Å². The summed E-state index contributed by atoms with van der Waals surface area (Å²) < 4.78 is 6.75. The molecule has 0 spiro atoms. The lowest BCUT2D eigenvalue weighted by molar-refractivity contribution is 0.479. The maximum atomic E-state index is 5.93. The molecule has 2 nitrogen and oxygen atoms in total. The summed E-state index contributed by atoms with van der Waals surface area (Å²) in [5.41, 5.74) is 2.52. The van der Waals surface area contributed by atoms with Gasteiger partial charge in [0.05, 0.1) is 4.47 Å². The third kappa shape index (κ3) is 4.73. The second kappa shape index (κ2) is 7.83. The fourth-order valence-electron chi connectivity index (χ4n) is 2.01. The Bertz CT molecular complexity index is 616. The molecule has 0 aromatic heterocycles. The van der Waals surface area contributed by atoms with E-state index in [9.17, 15) is 0 Å². The van der Waals surface area contributed by atoms with E-state index in [2.05, 4.69) is 47.2 Å². The molecule has 0 aliphatic rings. The van der Waals surface area contributed by atoms with E-state index in [1.807, 2.05) is 24.3 Å². The summed E-state index contributed by atoms with van der Waals surface area (Å²) in [6.07, 6.45) is 1.14. The first kappa shape index (κ1) is 16.3. The third-order valence-electron chi connectivity index (χ3n) is 3.18. The van der Waals surface area contributed by atoms with Crippen LogP contribution in [-0.4, -0.2) is 6.54 Å². The highest BCUT2D eigenvalue weighted by Crippen LogP contribution is 2.32. The van der Waals surface area contributed by atoms with Crippen molar-refractivity contribution in [2.45, 2.75) is 26.8 Å². The van der Waals surface area contributed by atoms with Gasteiger partial charge in [-0.15, -0.1) is 0 Å². The zero-order valence-electron chi connectivity index (χ0n) is 12.2. The van der Waals surface area contributed by atoms with Gasteiger partial charge in [-0.2, -0.15) is 0 Å². The SMILES string of the molecule is CCCNCc1ccc(Oc2ccc(Cl)cc2Br)cc1C. The third-order valence-corrected chi connectivity index (χ3v) is 4.03. The van der Waals surface area contributed by atoms with Crippen LogP contribution in [-0.2, 0) is 6.54 Å². The maximum absolute atomic E-state index is 5.93. The minimum Gasteiger partial charge on any atom is -0.456 e. The highest BCUT2D eigenvalue weighted by Gasteiger charge is 2.05. The molecule has 21 heavy (non-hydrogen) atoms. The second-order valence-electron chi connectivity index (χ2n) is 4.94. The van der Waals surface area contributed by atoms with E-state index >= 15 is 0 Å². The zero-order valence-corrected chi connectivity index (χ0v) is 14.6. The molecule has 0 saturated carbocycles. The largest absolute Gasteiger partial charge is 0.456 e. The standard InChI is InChI=1S/C17H19BrClNO/c1-3-8-20-11-13-4-6-15(9-12(13)2)21-17-7-5-14(19)10-16(17)18/h4-7,9-10,20H,3,8,11H2,1-2H3. The van der Waals surface area contributed by atoms with Crippen LogP contribution < -0.4 is 10.1 Å². The number of nitrogens with one attached hydrogen (secondary N) is 1. The minimum absolute atomic E-state index is 0.683. The smallest absolute Gasteiger partial charge is 0.141 e. The fraction of sp³-hybridized carbons (Fsp3) is 0.294. The first-order valence-corrected chi connectivity index (χ1v) is 8.20. The van der Waals surface area contributed by atoms with Crippen molar-refractivity contribution in [3.8, 4) is 11.5 Å². The molecule has 0 aliphatic carbocycles. The molecule has 0 amide bonds. The molecular formula is C17H19BrClNO. The van der Waals surface area contributed by atoms with E-state index in [-0.39, 0.29) is 0 Å². The second-order valence-corrected chi connectivity index (χ2v) is 6.23. The number of benzene rings is 2. The van der Waals surface area contributed by atoms with Crippen molar-refractivity contribution in [3.05, 3.63) is 57.0 Å². The fourth-order valence-corrected chi connectivity index (χ4v) is 2.78. The lowest BCUT2D eigenvalue weighted by Gasteiger charge is -2.11. The average Bonchev–Trinajstić information content (AvgIpc) is 2.44.